The Hall–Kier alpha value is -1.51. The molecule has 1 aromatic rings. The zero-order chi connectivity index (χ0) is 12.3. The highest BCUT2D eigenvalue weighted by Crippen LogP contribution is 2.18. The van der Waals surface area contributed by atoms with Gasteiger partial charge in [-0.3, -0.25) is 4.79 Å². The van der Waals surface area contributed by atoms with Crippen LogP contribution in [0.25, 0.3) is 0 Å². The molecule has 1 saturated heterocycles. The number of para-hydroxylation sites is 1. The van der Waals surface area contributed by atoms with E-state index in [1.165, 1.54) is 6.42 Å². The summed E-state index contributed by atoms with van der Waals surface area (Å²) < 4.78 is 0. The van der Waals surface area contributed by atoms with E-state index < -0.39 is 0 Å². The second kappa shape index (κ2) is 5.21. The molecular weight excluding hydrogens is 212 g/mol. The fourth-order valence-corrected chi connectivity index (χ4v) is 2.39. The van der Waals surface area contributed by atoms with Crippen LogP contribution in [-0.2, 0) is 11.2 Å². The van der Waals surface area contributed by atoms with Crippen LogP contribution in [0, 0.1) is 5.92 Å². The minimum absolute atomic E-state index is 0.203. The lowest BCUT2D eigenvalue weighted by atomic mass is 9.99. The van der Waals surface area contributed by atoms with E-state index in [9.17, 15) is 4.79 Å². The van der Waals surface area contributed by atoms with E-state index in [0.717, 1.165) is 25.1 Å². The van der Waals surface area contributed by atoms with Crippen LogP contribution in [0.4, 0.5) is 5.69 Å². The largest absolute Gasteiger partial charge is 0.398 e. The van der Waals surface area contributed by atoms with Crippen molar-refractivity contribution < 1.29 is 4.79 Å². The van der Waals surface area contributed by atoms with Crippen molar-refractivity contribution in [2.24, 2.45) is 5.92 Å². The summed E-state index contributed by atoms with van der Waals surface area (Å²) in [5.41, 5.74) is 7.51. The van der Waals surface area contributed by atoms with E-state index in [1.807, 2.05) is 29.2 Å². The van der Waals surface area contributed by atoms with Gasteiger partial charge in [0.05, 0.1) is 6.42 Å². The lowest BCUT2D eigenvalue weighted by Gasteiger charge is -2.31. The molecule has 1 aliphatic rings. The second-order valence-electron chi connectivity index (χ2n) is 4.96. The first kappa shape index (κ1) is 12.0. The molecule has 3 nitrogen and oxygen atoms in total. The summed E-state index contributed by atoms with van der Waals surface area (Å²) in [6, 6.07) is 7.60. The van der Waals surface area contributed by atoms with Gasteiger partial charge < -0.3 is 10.6 Å². The van der Waals surface area contributed by atoms with Crippen molar-refractivity contribution >= 4 is 11.6 Å². The van der Waals surface area contributed by atoms with Gasteiger partial charge in [-0.1, -0.05) is 25.1 Å². The summed E-state index contributed by atoms with van der Waals surface area (Å²) in [4.78, 5) is 14.1. The number of anilines is 1. The van der Waals surface area contributed by atoms with Crippen LogP contribution in [0.1, 0.15) is 25.3 Å². The maximum Gasteiger partial charge on any atom is 0.227 e. The van der Waals surface area contributed by atoms with E-state index in [2.05, 4.69) is 6.92 Å². The van der Waals surface area contributed by atoms with Gasteiger partial charge in [-0.25, -0.2) is 0 Å². The Balaban J connectivity index is 1.99. The van der Waals surface area contributed by atoms with Crippen molar-refractivity contribution in [2.45, 2.75) is 26.2 Å². The summed E-state index contributed by atoms with van der Waals surface area (Å²) in [6.45, 7) is 4.00. The van der Waals surface area contributed by atoms with Crippen LogP contribution in [0.5, 0.6) is 0 Å². The van der Waals surface area contributed by atoms with Gasteiger partial charge in [-0.05, 0) is 30.4 Å². The number of rotatable bonds is 2. The number of nitrogens with two attached hydrogens (primary N) is 1. The summed E-state index contributed by atoms with van der Waals surface area (Å²) >= 11 is 0. The Morgan fingerprint density at radius 3 is 2.94 bits per heavy atom. The van der Waals surface area contributed by atoms with Crippen molar-refractivity contribution in [1.82, 2.24) is 4.90 Å². The van der Waals surface area contributed by atoms with Gasteiger partial charge >= 0.3 is 0 Å². The molecule has 0 aliphatic carbocycles. The normalized spacial score (nSPS) is 20.3. The standard InChI is InChI=1S/C14H20N2O/c1-11-5-4-8-16(10-11)14(17)9-12-6-2-3-7-13(12)15/h2-3,6-7,11H,4-5,8-10,15H2,1H3/t11-/m1/s1. The van der Waals surface area contributed by atoms with Crippen LogP contribution in [0.15, 0.2) is 24.3 Å². The maximum absolute atomic E-state index is 12.1. The number of piperidine rings is 1. The smallest absolute Gasteiger partial charge is 0.227 e. The number of hydrogen-bond acceptors (Lipinski definition) is 2. The topological polar surface area (TPSA) is 46.3 Å². The Bertz CT molecular complexity index is 403. The lowest BCUT2D eigenvalue weighted by molar-refractivity contribution is -0.132. The molecule has 1 aliphatic heterocycles. The molecule has 0 bridgehead atoms. The third kappa shape index (κ3) is 2.99. The van der Waals surface area contributed by atoms with Gasteiger partial charge in [0.1, 0.15) is 0 Å². The molecule has 2 rings (SSSR count). The molecular formula is C14H20N2O. The number of carbonyl (C=O) groups is 1. The van der Waals surface area contributed by atoms with Gasteiger partial charge in [0.2, 0.25) is 5.91 Å². The van der Waals surface area contributed by atoms with Crippen molar-refractivity contribution in [3.8, 4) is 0 Å². The minimum atomic E-state index is 0.203. The third-order valence-electron chi connectivity index (χ3n) is 3.41. The van der Waals surface area contributed by atoms with Crippen LogP contribution in [0.3, 0.4) is 0 Å². The van der Waals surface area contributed by atoms with Gasteiger partial charge in [-0.2, -0.15) is 0 Å². The van der Waals surface area contributed by atoms with Gasteiger partial charge in [-0.15, -0.1) is 0 Å². The molecule has 2 N–H and O–H groups in total. The first-order valence-electron chi connectivity index (χ1n) is 6.28. The number of hydrogen-bond donors (Lipinski definition) is 1. The van der Waals surface area contributed by atoms with Crippen LogP contribution in [0.2, 0.25) is 0 Å². The Morgan fingerprint density at radius 1 is 1.47 bits per heavy atom. The minimum Gasteiger partial charge on any atom is -0.398 e. The summed E-state index contributed by atoms with van der Waals surface area (Å²) in [6.07, 6.45) is 2.79. The second-order valence-corrected chi connectivity index (χ2v) is 4.96. The monoisotopic (exact) mass is 232 g/mol. The molecule has 1 heterocycles. The number of nitrogens with zero attached hydrogens (tertiary/aromatic N) is 1. The highest BCUT2D eigenvalue weighted by atomic mass is 16.2. The Morgan fingerprint density at radius 2 is 2.24 bits per heavy atom. The fourth-order valence-electron chi connectivity index (χ4n) is 2.39. The highest BCUT2D eigenvalue weighted by Gasteiger charge is 2.21. The Kier molecular flexibility index (Phi) is 3.67. The van der Waals surface area contributed by atoms with Crippen molar-refractivity contribution in [3.63, 3.8) is 0 Å². The van der Waals surface area contributed by atoms with Gasteiger partial charge in [0, 0.05) is 18.8 Å². The predicted molar refractivity (Wildman–Crippen MR) is 69.5 cm³/mol. The van der Waals surface area contributed by atoms with E-state index in [4.69, 9.17) is 5.73 Å². The predicted octanol–water partition coefficient (Wildman–Crippen LogP) is 2.07. The quantitative estimate of drug-likeness (QED) is 0.793. The summed E-state index contributed by atoms with van der Waals surface area (Å²) in [7, 11) is 0. The third-order valence-corrected chi connectivity index (χ3v) is 3.41. The van der Waals surface area contributed by atoms with Crippen LogP contribution < -0.4 is 5.73 Å². The van der Waals surface area contributed by atoms with Crippen molar-refractivity contribution in [2.75, 3.05) is 18.8 Å². The molecule has 0 unspecified atom stereocenters. The first-order valence-corrected chi connectivity index (χ1v) is 6.28. The molecule has 3 heteroatoms. The SMILES string of the molecule is C[C@@H]1CCCN(C(=O)Cc2ccccc2N)C1. The van der Waals surface area contributed by atoms with Crippen molar-refractivity contribution in [1.29, 1.82) is 0 Å². The van der Waals surface area contributed by atoms with E-state index >= 15 is 0 Å². The van der Waals surface area contributed by atoms with Crippen LogP contribution >= 0.6 is 0 Å². The Labute approximate surface area is 103 Å². The zero-order valence-corrected chi connectivity index (χ0v) is 10.4. The first-order chi connectivity index (χ1) is 8.16. The van der Waals surface area contributed by atoms with Crippen LogP contribution in [-0.4, -0.2) is 23.9 Å². The maximum atomic E-state index is 12.1. The summed E-state index contributed by atoms with van der Waals surface area (Å²) in [5, 5.41) is 0. The van der Waals surface area contributed by atoms with E-state index in [-0.39, 0.29) is 5.91 Å². The molecule has 1 atom stereocenters. The molecule has 1 amide bonds. The van der Waals surface area contributed by atoms with Gasteiger partial charge in [0.15, 0.2) is 0 Å². The number of nitrogen functional groups attached to an aromatic ring is 1. The number of amides is 1. The zero-order valence-electron chi connectivity index (χ0n) is 10.4. The van der Waals surface area contributed by atoms with Crippen molar-refractivity contribution in [3.05, 3.63) is 29.8 Å². The molecule has 0 radical (unpaired) electrons. The van der Waals surface area contributed by atoms with Gasteiger partial charge in [0.25, 0.3) is 0 Å². The molecule has 1 fully saturated rings. The fraction of sp³-hybridized carbons (Fsp3) is 0.500. The average Bonchev–Trinajstić information content (AvgIpc) is 2.32. The average molecular weight is 232 g/mol. The molecule has 17 heavy (non-hydrogen) atoms. The number of carbonyl (C=O) groups excluding carboxylic acids is 1. The molecule has 0 aromatic heterocycles. The lowest BCUT2D eigenvalue weighted by Crippen LogP contribution is -2.40. The molecule has 92 valence electrons. The molecule has 0 saturated carbocycles. The summed E-state index contributed by atoms with van der Waals surface area (Å²) in [5.74, 6) is 0.829. The molecule has 1 aromatic carbocycles. The molecule has 0 spiro atoms. The number of likely N-dealkylation sites (tertiary alicyclic amines) is 1. The highest BCUT2D eigenvalue weighted by molar-refractivity contribution is 5.80. The van der Waals surface area contributed by atoms with E-state index in [1.54, 1.807) is 0 Å². The number of benzene rings is 1. The van der Waals surface area contributed by atoms with E-state index in [0.29, 0.717) is 18.0 Å².